The Balaban J connectivity index is 1.44. The topological polar surface area (TPSA) is 81.8 Å². The molecule has 2 fully saturated rings. The van der Waals surface area contributed by atoms with Crippen molar-refractivity contribution >= 4 is 17.7 Å². The molecule has 0 radical (unpaired) electrons. The van der Waals surface area contributed by atoms with Gasteiger partial charge < -0.3 is 20.4 Å². The Labute approximate surface area is 236 Å². The molecule has 40 heavy (non-hydrogen) atoms. The lowest BCUT2D eigenvalue weighted by Crippen LogP contribution is -2.67. The van der Waals surface area contributed by atoms with E-state index in [2.05, 4.69) is 27.7 Å². The van der Waals surface area contributed by atoms with Gasteiger partial charge in [-0.2, -0.15) is 0 Å². The van der Waals surface area contributed by atoms with Crippen molar-refractivity contribution in [2.75, 3.05) is 26.2 Å². The summed E-state index contributed by atoms with van der Waals surface area (Å²) in [5, 5.41) is 6.09. The van der Waals surface area contributed by atoms with Crippen LogP contribution < -0.4 is 10.6 Å². The molecule has 3 amide bonds. The number of halogens is 1. The van der Waals surface area contributed by atoms with Crippen LogP contribution >= 0.6 is 0 Å². The lowest BCUT2D eigenvalue weighted by atomic mass is 9.88. The molecule has 0 aromatic heterocycles. The predicted molar refractivity (Wildman–Crippen MR) is 152 cm³/mol. The predicted octanol–water partition coefficient (Wildman–Crippen LogP) is 3.63. The monoisotopic (exact) mass is 548 g/mol. The van der Waals surface area contributed by atoms with Crippen LogP contribution in [0.2, 0.25) is 0 Å². The molecular formula is C32H41FN4O3. The van der Waals surface area contributed by atoms with Crippen molar-refractivity contribution < 1.29 is 18.8 Å². The first-order valence-corrected chi connectivity index (χ1v) is 14.8. The maximum atomic E-state index is 14.4. The van der Waals surface area contributed by atoms with E-state index >= 15 is 0 Å². The van der Waals surface area contributed by atoms with Crippen LogP contribution in [0.25, 0.3) is 0 Å². The third-order valence-electron chi connectivity index (χ3n) is 8.59. The van der Waals surface area contributed by atoms with Crippen LogP contribution in [0.3, 0.4) is 0 Å². The molecule has 2 heterocycles. The summed E-state index contributed by atoms with van der Waals surface area (Å²) in [6.45, 7) is 7.21. The zero-order valence-corrected chi connectivity index (χ0v) is 23.6. The number of amides is 3. The third kappa shape index (κ3) is 6.22. The van der Waals surface area contributed by atoms with Crippen LogP contribution in [-0.4, -0.2) is 65.8 Å². The quantitative estimate of drug-likeness (QED) is 0.502. The molecule has 0 bridgehead atoms. The molecule has 2 aromatic carbocycles. The van der Waals surface area contributed by atoms with E-state index in [9.17, 15) is 18.8 Å². The van der Waals surface area contributed by atoms with E-state index in [1.807, 2.05) is 26.0 Å². The minimum Gasteiger partial charge on any atom is -0.353 e. The lowest BCUT2D eigenvalue weighted by molar-refractivity contribution is -0.157. The van der Waals surface area contributed by atoms with E-state index in [0.717, 1.165) is 32.5 Å². The summed E-state index contributed by atoms with van der Waals surface area (Å²) < 4.78 is 13.9. The number of hydrogen-bond donors (Lipinski definition) is 2. The highest BCUT2D eigenvalue weighted by Gasteiger charge is 2.49. The Bertz CT molecular complexity index is 1190. The van der Waals surface area contributed by atoms with Gasteiger partial charge in [0.15, 0.2) is 0 Å². The molecule has 2 aliphatic heterocycles. The molecular weight excluding hydrogens is 507 g/mol. The van der Waals surface area contributed by atoms with Gasteiger partial charge in [0.1, 0.15) is 23.9 Å². The SMILES string of the molecule is CC(C)C[C@@H]1C(=O)NC(C2Cc3ccccc3C2)C(=O)N1[C@@H](C(=O)NCCN1CCCCC1)c1ccc(F)cc1. The average Bonchev–Trinajstić information content (AvgIpc) is 3.38. The molecule has 8 heteroatoms. The summed E-state index contributed by atoms with van der Waals surface area (Å²) in [7, 11) is 0. The first kappa shape index (κ1) is 28.3. The highest BCUT2D eigenvalue weighted by molar-refractivity contribution is 6.00. The summed E-state index contributed by atoms with van der Waals surface area (Å²) in [6.07, 6.45) is 5.37. The van der Waals surface area contributed by atoms with Gasteiger partial charge in [-0.05, 0) is 85.9 Å². The second-order valence-corrected chi connectivity index (χ2v) is 12.0. The van der Waals surface area contributed by atoms with Crippen molar-refractivity contribution in [3.05, 3.63) is 71.0 Å². The van der Waals surface area contributed by atoms with E-state index in [-0.39, 0.29) is 29.6 Å². The fourth-order valence-corrected chi connectivity index (χ4v) is 6.57. The van der Waals surface area contributed by atoms with Crippen LogP contribution in [0.4, 0.5) is 4.39 Å². The van der Waals surface area contributed by atoms with E-state index in [1.54, 1.807) is 12.1 Å². The zero-order valence-electron chi connectivity index (χ0n) is 23.6. The molecule has 214 valence electrons. The maximum Gasteiger partial charge on any atom is 0.247 e. The standard InChI is InChI=1S/C32H41FN4O3/c1-21(2)18-27-30(38)35-28(25-19-23-8-4-5-9-24(23)20-25)32(40)37(27)29(22-10-12-26(33)13-11-22)31(39)34-14-17-36-15-6-3-7-16-36/h4-5,8-13,21,25,27-29H,3,6-7,14-20H2,1-2H3,(H,34,39)(H,35,38)/t27-,28?,29-/m1/s1. The number of carbonyl (C=O) groups is 3. The fraction of sp³-hybridized carbons (Fsp3) is 0.531. The largest absolute Gasteiger partial charge is 0.353 e. The number of hydrogen-bond acceptors (Lipinski definition) is 4. The normalized spacial score (nSPS) is 22.8. The Morgan fingerprint density at radius 3 is 2.27 bits per heavy atom. The van der Waals surface area contributed by atoms with E-state index < -0.39 is 23.9 Å². The van der Waals surface area contributed by atoms with Gasteiger partial charge in [0.05, 0.1) is 0 Å². The summed E-state index contributed by atoms with van der Waals surface area (Å²) in [5.74, 6) is -1.21. The van der Waals surface area contributed by atoms with E-state index in [4.69, 9.17) is 0 Å². The van der Waals surface area contributed by atoms with Gasteiger partial charge in [0, 0.05) is 13.1 Å². The molecule has 2 saturated heterocycles. The summed E-state index contributed by atoms with van der Waals surface area (Å²) in [6, 6.07) is 11.3. The number of fused-ring (bicyclic) bond motifs is 1. The van der Waals surface area contributed by atoms with Crippen molar-refractivity contribution in [2.45, 2.75) is 70.5 Å². The van der Waals surface area contributed by atoms with Crippen molar-refractivity contribution in [1.82, 2.24) is 20.4 Å². The van der Waals surface area contributed by atoms with Gasteiger partial charge >= 0.3 is 0 Å². The zero-order chi connectivity index (χ0) is 28.2. The Morgan fingerprint density at radius 2 is 1.65 bits per heavy atom. The van der Waals surface area contributed by atoms with E-state index in [0.29, 0.717) is 31.4 Å². The summed E-state index contributed by atoms with van der Waals surface area (Å²) in [4.78, 5) is 45.8. The second kappa shape index (κ2) is 12.5. The third-order valence-corrected chi connectivity index (χ3v) is 8.59. The molecule has 7 nitrogen and oxygen atoms in total. The smallest absolute Gasteiger partial charge is 0.247 e. The van der Waals surface area contributed by atoms with Gasteiger partial charge in [-0.3, -0.25) is 14.4 Å². The van der Waals surface area contributed by atoms with Crippen LogP contribution in [0.15, 0.2) is 48.5 Å². The number of nitrogens with one attached hydrogen (secondary N) is 2. The summed E-state index contributed by atoms with van der Waals surface area (Å²) in [5.41, 5.74) is 2.88. The molecule has 2 aromatic rings. The lowest BCUT2D eigenvalue weighted by Gasteiger charge is -2.45. The van der Waals surface area contributed by atoms with Crippen LogP contribution in [0, 0.1) is 17.7 Å². The minimum atomic E-state index is -1.03. The first-order chi connectivity index (χ1) is 19.3. The van der Waals surface area contributed by atoms with Crippen molar-refractivity contribution in [2.24, 2.45) is 11.8 Å². The highest BCUT2D eigenvalue weighted by Crippen LogP contribution is 2.35. The summed E-state index contributed by atoms with van der Waals surface area (Å²) >= 11 is 0. The van der Waals surface area contributed by atoms with Crippen LogP contribution in [-0.2, 0) is 27.2 Å². The minimum absolute atomic E-state index is 0.0904. The molecule has 1 aliphatic carbocycles. The van der Waals surface area contributed by atoms with Gasteiger partial charge in [-0.1, -0.05) is 56.7 Å². The van der Waals surface area contributed by atoms with Gasteiger partial charge in [-0.15, -0.1) is 0 Å². The molecule has 3 aliphatic rings. The van der Waals surface area contributed by atoms with E-state index in [1.165, 1.54) is 34.6 Å². The Hall–Kier alpha value is -3.26. The van der Waals surface area contributed by atoms with Gasteiger partial charge in [-0.25, -0.2) is 4.39 Å². The van der Waals surface area contributed by atoms with Crippen molar-refractivity contribution in [3.63, 3.8) is 0 Å². The van der Waals surface area contributed by atoms with Crippen LogP contribution in [0.1, 0.15) is 62.3 Å². The number of benzene rings is 2. The highest BCUT2D eigenvalue weighted by atomic mass is 19.1. The van der Waals surface area contributed by atoms with Crippen molar-refractivity contribution in [3.8, 4) is 0 Å². The average molecular weight is 549 g/mol. The number of likely N-dealkylation sites (tertiary alicyclic amines) is 1. The van der Waals surface area contributed by atoms with Gasteiger partial charge in [0.25, 0.3) is 0 Å². The number of rotatable bonds is 9. The Morgan fingerprint density at radius 1 is 1.00 bits per heavy atom. The number of nitrogens with zero attached hydrogens (tertiary/aromatic N) is 2. The molecule has 1 unspecified atom stereocenters. The van der Waals surface area contributed by atoms with Gasteiger partial charge in [0.2, 0.25) is 17.7 Å². The molecule has 5 rings (SSSR count). The number of piperidine rings is 1. The fourth-order valence-electron chi connectivity index (χ4n) is 6.57. The maximum absolute atomic E-state index is 14.4. The molecule has 2 N–H and O–H groups in total. The first-order valence-electron chi connectivity index (χ1n) is 14.8. The molecule has 0 spiro atoms. The number of carbonyl (C=O) groups excluding carboxylic acids is 3. The number of piperazine rings is 1. The second-order valence-electron chi connectivity index (χ2n) is 12.0. The Kier molecular flexibility index (Phi) is 8.84. The van der Waals surface area contributed by atoms with Crippen LogP contribution in [0.5, 0.6) is 0 Å². The molecule has 3 atom stereocenters. The van der Waals surface area contributed by atoms with Crippen molar-refractivity contribution in [1.29, 1.82) is 0 Å². The molecule has 0 saturated carbocycles.